The number of halogens is 1. The van der Waals surface area contributed by atoms with Gasteiger partial charge in [0, 0.05) is 24.7 Å². The van der Waals surface area contributed by atoms with Gasteiger partial charge in [-0.2, -0.15) is 5.10 Å². The highest BCUT2D eigenvalue weighted by Crippen LogP contribution is 2.24. The zero-order chi connectivity index (χ0) is 14.7. The minimum atomic E-state index is -0.0527. The Labute approximate surface area is 125 Å². The van der Waals surface area contributed by atoms with Crippen LogP contribution in [0.25, 0.3) is 6.08 Å². The first-order chi connectivity index (χ1) is 9.49. The van der Waals surface area contributed by atoms with Gasteiger partial charge in [-0.3, -0.25) is 9.48 Å². The average molecular weight is 296 g/mol. The van der Waals surface area contributed by atoms with Gasteiger partial charge in [-0.05, 0) is 31.8 Å². The molecular formula is C15H22ClN3O. The smallest absolute Gasteiger partial charge is 0.244 e. The molecule has 0 bridgehead atoms. The van der Waals surface area contributed by atoms with Crippen LogP contribution in [0.1, 0.15) is 43.9 Å². The fourth-order valence-corrected chi connectivity index (χ4v) is 2.99. The van der Waals surface area contributed by atoms with Gasteiger partial charge in [0.15, 0.2) is 0 Å². The molecule has 110 valence electrons. The largest absolute Gasteiger partial charge is 0.350 e. The topological polar surface area (TPSA) is 46.9 Å². The lowest BCUT2D eigenvalue weighted by Gasteiger charge is -2.29. The van der Waals surface area contributed by atoms with Gasteiger partial charge < -0.3 is 5.32 Å². The van der Waals surface area contributed by atoms with Crippen molar-refractivity contribution in [3.63, 3.8) is 0 Å². The molecule has 1 aliphatic carbocycles. The number of hydrogen-bond acceptors (Lipinski definition) is 2. The highest BCUT2D eigenvalue weighted by atomic mass is 35.5. The summed E-state index contributed by atoms with van der Waals surface area (Å²) < 4.78 is 1.61. The molecule has 1 aliphatic rings. The molecule has 0 saturated heterocycles. The Bertz CT molecular complexity index is 521. The molecule has 2 unspecified atom stereocenters. The van der Waals surface area contributed by atoms with Crippen LogP contribution in [0, 0.1) is 12.8 Å². The molecule has 2 rings (SSSR count). The molecule has 0 aliphatic heterocycles. The quantitative estimate of drug-likeness (QED) is 0.871. The van der Waals surface area contributed by atoms with Gasteiger partial charge in [0.05, 0.1) is 5.69 Å². The second-order valence-electron chi connectivity index (χ2n) is 5.62. The second kappa shape index (κ2) is 6.44. The fraction of sp³-hybridized carbons (Fsp3) is 0.600. The average Bonchev–Trinajstić information content (AvgIpc) is 2.64. The van der Waals surface area contributed by atoms with Crippen LogP contribution in [0.4, 0.5) is 0 Å². The highest BCUT2D eigenvalue weighted by Gasteiger charge is 2.22. The van der Waals surface area contributed by atoms with E-state index in [4.69, 9.17) is 11.6 Å². The lowest BCUT2D eigenvalue weighted by atomic mass is 9.86. The van der Waals surface area contributed by atoms with Crippen LogP contribution < -0.4 is 5.32 Å². The van der Waals surface area contributed by atoms with Crippen LogP contribution in [0.3, 0.4) is 0 Å². The predicted molar refractivity (Wildman–Crippen MR) is 81.6 cm³/mol. The van der Waals surface area contributed by atoms with E-state index in [1.165, 1.54) is 19.3 Å². The fourth-order valence-electron chi connectivity index (χ4n) is 2.76. The molecule has 2 atom stereocenters. The molecule has 1 aromatic rings. The van der Waals surface area contributed by atoms with E-state index in [0.29, 0.717) is 17.1 Å². The first-order valence-corrected chi connectivity index (χ1v) is 7.54. The Balaban J connectivity index is 1.98. The second-order valence-corrected chi connectivity index (χ2v) is 5.98. The van der Waals surface area contributed by atoms with Gasteiger partial charge in [0.25, 0.3) is 0 Å². The number of carbonyl (C=O) groups is 1. The standard InChI is InChI=1S/C15H22ClN3O/c1-10-6-4-5-7-13(10)17-14(20)9-8-12-11(2)18-19(3)15(12)16/h8-10,13H,4-7H2,1-3H3,(H,17,20)/b9-8+. The number of carbonyl (C=O) groups excluding carboxylic acids is 1. The summed E-state index contributed by atoms with van der Waals surface area (Å²) in [5.74, 6) is 0.507. The van der Waals surface area contributed by atoms with Crippen LogP contribution in [-0.2, 0) is 11.8 Å². The SMILES string of the molecule is Cc1nn(C)c(Cl)c1/C=C/C(=O)NC1CCCCC1C. The number of aromatic nitrogens is 2. The van der Waals surface area contributed by atoms with Gasteiger partial charge in [0.2, 0.25) is 5.91 Å². The summed E-state index contributed by atoms with van der Waals surface area (Å²) in [7, 11) is 1.79. The van der Waals surface area contributed by atoms with Crippen molar-refractivity contribution in [3.05, 3.63) is 22.5 Å². The molecule has 1 N–H and O–H groups in total. The summed E-state index contributed by atoms with van der Waals surface area (Å²) in [6.45, 7) is 4.09. The van der Waals surface area contributed by atoms with Crippen molar-refractivity contribution in [2.24, 2.45) is 13.0 Å². The number of hydrogen-bond donors (Lipinski definition) is 1. The molecule has 1 saturated carbocycles. The third kappa shape index (κ3) is 3.42. The van der Waals surface area contributed by atoms with Crippen molar-refractivity contribution < 1.29 is 4.79 Å². The summed E-state index contributed by atoms with van der Waals surface area (Å²) in [4.78, 5) is 12.0. The summed E-state index contributed by atoms with van der Waals surface area (Å²) >= 11 is 6.13. The lowest BCUT2D eigenvalue weighted by molar-refractivity contribution is -0.117. The van der Waals surface area contributed by atoms with Crippen LogP contribution in [0.5, 0.6) is 0 Å². The Morgan fingerprint density at radius 1 is 1.45 bits per heavy atom. The summed E-state index contributed by atoms with van der Waals surface area (Å²) in [5.41, 5.74) is 1.63. The van der Waals surface area contributed by atoms with E-state index in [2.05, 4.69) is 17.3 Å². The van der Waals surface area contributed by atoms with Crippen molar-refractivity contribution in [2.45, 2.75) is 45.6 Å². The van der Waals surface area contributed by atoms with E-state index in [1.54, 1.807) is 23.9 Å². The number of aryl methyl sites for hydroxylation is 2. The Kier molecular flexibility index (Phi) is 4.86. The summed E-state index contributed by atoms with van der Waals surface area (Å²) in [6, 6.07) is 0.298. The van der Waals surface area contributed by atoms with Gasteiger partial charge in [-0.15, -0.1) is 0 Å². The van der Waals surface area contributed by atoms with E-state index < -0.39 is 0 Å². The van der Waals surface area contributed by atoms with Crippen molar-refractivity contribution in [1.82, 2.24) is 15.1 Å². The maximum Gasteiger partial charge on any atom is 0.244 e. The minimum Gasteiger partial charge on any atom is -0.350 e. The van der Waals surface area contributed by atoms with Gasteiger partial charge in [-0.1, -0.05) is 31.4 Å². The predicted octanol–water partition coefficient (Wildman–Crippen LogP) is 3.09. The van der Waals surface area contributed by atoms with E-state index in [1.807, 2.05) is 6.92 Å². The van der Waals surface area contributed by atoms with Crippen LogP contribution in [-0.4, -0.2) is 21.7 Å². The summed E-state index contributed by atoms with van der Waals surface area (Å²) in [6.07, 6.45) is 8.04. The first kappa shape index (κ1) is 15.1. The Hall–Kier alpha value is -1.29. The Morgan fingerprint density at radius 3 is 2.75 bits per heavy atom. The maximum absolute atomic E-state index is 12.0. The normalized spacial score (nSPS) is 23.2. The van der Waals surface area contributed by atoms with E-state index in [0.717, 1.165) is 17.7 Å². The number of amides is 1. The molecule has 0 aromatic carbocycles. The van der Waals surface area contributed by atoms with Gasteiger partial charge in [-0.25, -0.2) is 0 Å². The molecule has 4 nitrogen and oxygen atoms in total. The molecule has 1 fully saturated rings. The minimum absolute atomic E-state index is 0.0527. The molecule has 1 aromatic heterocycles. The van der Waals surface area contributed by atoms with Crippen molar-refractivity contribution >= 4 is 23.6 Å². The summed E-state index contributed by atoms with van der Waals surface area (Å²) in [5, 5.41) is 7.86. The third-order valence-electron chi connectivity index (χ3n) is 4.04. The van der Waals surface area contributed by atoms with E-state index >= 15 is 0 Å². The van der Waals surface area contributed by atoms with E-state index in [9.17, 15) is 4.79 Å². The van der Waals surface area contributed by atoms with Crippen LogP contribution >= 0.6 is 11.6 Å². The van der Waals surface area contributed by atoms with Crippen molar-refractivity contribution in [3.8, 4) is 0 Å². The maximum atomic E-state index is 12.0. The molecule has 1 amide bonds. The van der Waals surface area contributed by atoms with Crippen LogP contribution in [0.15, 0.2) is 6.08 Å². The number of rotatable bonds is 3. The van der Waals surface area contributed by atoms with Crippen molar-refractivity contribution in [2.75, 3.05) is 0 Å². The molecule has 0 spiro atoms. The molecular weight excluding hydrogens is 274 g/mol. The van der Waals surface area contributed by atoms with Crippen LogP contribution in [0.2, 0.25) is 5.15 Å². The highest BCUT2D eigenvalue weighted by molar-refractivity contribution is 6.31. The lowest BCUT2D eigenvalue weighted by Crippen LogP contribution is -2.40. The monoisotopic (exact) mass is 295 g/mol. The first-order valence-electron chi connectivity index (χ1n) is 7.16. The third-order valence-corrected chi connectivity index (χ3v) is 4.48. The number of nitrogens with zero attached hydrogens (tertiary/aromatic N) is 2. The molecule has 1 heterocycles. The van der Waals surface area contributed by atoms with Gasteiger partial charge in [0.1, 0.15) is 5.15 Å². The molecule has 20 heavy (non-hydrogen) atoms. The van der Waals surface area contributed by atoms with E-state index in [-0.39, 0.29) is 5.91 Å². The zero-order valence-electron chi connectivity index (χ0n) is 12.3. The number of nitrogens with one attached hydrogen (secondary N) is 1. The Morgan fingerprint density at radius 2 is 2.15 bits per heavy atom. The molecule has 0 radical (unpaired) electrons. The van der Waals surface area contributed by atoms with Gasteiger partial charge >= 0.3 is 0 Å². The molecule has 5 heteroatoms. The zero-order valence-corrected chi connectivity index (χ0v) is 13.1. The van der Waals surface area contributed by atoms with Crippen molar-refractivity contribution in [1.29, 1.82) is 0 Å².